The lowest BCUT2D eigenvalue weighted by Gasteiger charge is -2.04. The maximum absolute atomic E-state index is 13.0. The van der Waals surface area contributed by atoms with E-state index in [4.69, 9.17) is 17.3 Å². The molecule has 0 bridgehead atoms. The highest BCUT2D eigenvalue weighted by atomic mass is 35.5. The predicted molar refractivity (Wildman–Crippen MR) is 55.9 cm³/mol. The highest BCUT2D eigenvalue weighted by molar-refractivity contribution is 6.32. The van der Waals surface area contributed by atoms with Crippen LogP contribution in [0.5, 0.6) is 0 Å². The van der Waals surface area contributed by atoms with Crippen LogP contribution in [0.4, 0.5) is 10.1 Å². The molecule has 2 N–H and O–H groups in total. The van der Waals surface area contributed by atoms with E-state index in [-0.39, 0.29) is 11.0 Å². The molecule has 4 heteroatoms. The van der Waals surface area contributed by atoms with Gasteiger partial charge in [0.25, 0.3) is 0 Å². The Hall–Kier alpha value is -1.35. The second-order valence-electron chi connectivity index (χ2n) is 3.16. The number of nitrogens with zero attached hydrogens (tertiary/aromatic N) is 1. The Labute approximate surface area is 85.5 Å². The summed E-state index contributed by atoms with van der Waals surface area (Å²) in [5, 5.41) is 0.927. The number of benzene rings is 1. The minimum atomic E-state index is -0.293. The molecule has 0 aliphatic rings. The number of pyridine rings is 1. The Morgan fingerprint density at radius 1 is 1.36 bits per heavy atom. The molecule has 1 aromatic heterocycles. The second-order valence-corrected chi connectivity index (χ2v) is 3.52. The monoisotopic (exact) mass is 210 g/mol. The number of hydrogen-bond acceptors (Lipinski definition) is 2. The van der Waals surface area contributed by atoms with Gasteiger partial charge in [0.2, 0.25) is 0 Å². The van der Waals surface area contributed by atoms with Gasteiger partial charge in [-0.3, -0.25) is 0 Å². The van der Waals surface area contributed by atoms with E-state index in [1.807, 2.05) is 0 Å². The van der Waals surface area contributed by atoms with Crippen LogP contribution in [-0.2, 0) is 0 Å². The van der Waals surface area contributed by atoms with Crippen LogP contribution < -0.4 is 5.73 Å². The molecule has 0 fully saturated rings. The molecule has 0 saturated heterocycles. The second kappa shape index (κ2) is 3.10. The number of halogens is 2. The fourth-order valence-corrected chi connectivity index (χ4v) is 1.55. The summed E-state index contributed by atoms with van der Waals surface area (Å²) < 4.78 is 13.0. The van der Waals surface area contributed by atoms with E-state index in [1.165, 1.54) is 12.1 Å². The topological polar surface area (TPSA) is 38.9 Å². The summed E-state index contributed by atoms with van der Waals surface area (Å²) in [5.74, 6) is -0.293. The van der Waals surface area contributed by atoms with Crippen LogP contribution in [0.2, 0.25) is 5.15 Å². The van der Waals surface area contributed by atoms with Gasteiger partial charge in [-0.25, -0.2) is 9.37 Å². The number of aromatic nitrogens is 1. The zero-order chi connectivity index (χ0) is 10.3. The molecule has 1 aromatic carbocycles. The molecular formula is C10H8ClFN2. The molecule has 2 rings (SSSR count). The van der Waals surface area contributed by atoms with Crippen molar-refractivity contribution in [1.82, 2.24) is 4.98 Å². The van der Waals surface area contributed by atoms with Crippen molar-refractivity contribution in [1.29, 1.82) is 0 Å². The highest BCUT2D eigenvalue weighted by Gasteiger charge is 2.05. The number of rotatable bonds is 0. The Morgan fingerprint density at radius 2 is 2.07 bits per heavy atom. The summed E-state index contributed by atoms with van der Waals surface area (Å²) in [6, 6.07) is 4.44. The third-order valence-corrected chi connectivity index (χ3v) is 2.36. The van der Waals surface area contributed by atoms with Gasteiger partial charge < -0.3 is 5.73 Å². The number of nitrogens with two attached hydrogens (primary N) is 1. The molecule has 72 valence electrons. The molecule has 2 aromatic rings. The smallest absolute Gasteiger partial charge is 0.152 e. The molecule has 0 amide bonds. The molecule has 0 spiro atoms. The van der Waals surface area contributed by atoms with Gasteiger partial charge in [0.15, 0.2) is 5.15 Å². The number of hydrogen-bond donors (Lipinski definition) is 1. The van der Waals surface area contributed by atoms with Crippen LogP contribution in [0.3, 0.4) is 0 Å². The Bertz CT molecular complexity index is 511. The van der Waals surface area contributed by atoms with Crippen LogP contribution in [0.25, 0.3) is 10.9 Å². The van der Waals surface area contributed by atoms with Crippen LogP contribution in [0.1, 0.15) is 5.56 Å². The Balaban J connectivity index is 2.89. The first-order chi connectivity index (χ1) is 6.58. The average Bonchev–Trinajstić information content (AvgIpc) is 2.08. The van der Waals surface area contributed by atoms with Gasteiger partial charge in [-0.05, 0) is 30.7 Å². The quantitative estimate of drug-likeness (QED) is 0.679. The van der Waals surface area contributed by atoms with Crippen molar-refractivity contribution in [3.05, 3.63) is 34.7 Å². The fourth-order valence-electron chi connectivity index (χ4n) is 1.41. The van der Waals surface area contributed by atoms with E-state index < -0.39 is 0 Å². The highest BCUT2D eigenvalue weighted by Crippen LogP contribution is 2.25. The lowest BCUT2D eigenvalue weighted by Crippen LogP contribution is -1.92. The molecule has 1 heterocycles. The van der Waals surface area contributed by atoms with Crippen LogP contribution >= 0.6 is 11.6 Å². The zero-order valence-electron chi connectivity index (χ0n) is 7.51. The van der Waals surface area contributed by atoms with Gasteiger partial charge in [0.1, 0.15) is 5.82 Å². The van der Waals surface area contributed by atoms with E-state index >= 15 is 0 Å². The first kappa shape index (κ1) is 9.21. The first-order valence-corrected chi connectivity index (χ1v) is 4.47. The van der Waals surface area contributed by atoms with E-state index in [0.29, 0.717) is 16.6 Å². The van der Waals surface area contributed by atoms with E-state index in [2.05, 4.69) is 4.98 Å². The van der Waals surface area contributed by atoms with Gasteiger partial charge in [-0.15, -0.1) is 0 Å². The minimum absolute atomic E-state index is 0.257. The molecule has 0 atom stereocenters. The maximum atomic E-state index is 13.0. The van der Waals surface area contributed by atoms with Crippen molar-refractivity contribution in [2.45, 2.75) is 6.92 Å². The summed E-state index contributed by atoms with van der Waals surface area (Å²) in [6.07, 6.45) is 0. The van der Waals surface area contributed by atoms with Gasteiger partial charge >= 0.3 is 0 Å². The van der Waals surface area contributed by atoms with Crippen LogP contribution in [0, 0.1) is 12.7 Å². The lowest BCUT2D eigenvalue weighted by molar-refractivity contribution is 0.628. The standard InChI is InChI=1S/C10H8ClFN2/c1-5-2-7(12)3-6-4-8(13)10(11)14-9(5)6/h2-4H,13H2,1H3. The molecule has 0 saturated carbocycles. The normalized spacial score (nSPS) is 10.8. The van der Waals surface area contributed by atoms with Gasteiger partial charge in [0, 0.05) is 5.39 Å². The molecule has 0 unspecified atom stereocenters. The number of nitrogen functional groups attached to an aromatic ring is 1. The van der Waals surface area contributed by atoms with Crippen molar-refractivity contribution in [3.8, 4) is 0 Å². The molecule has 0 radical (unpaired) electrons. The van der Waals surface area contributed by atoms with Crippen LogP contribution in [-0.4, -0.2) is 4.98 Å². The first-order valence-electron chi connectivity index (χ1n) is 4.10. The van der Waals surface area contributed by atoms with Crippen molar-refractivity contribution < 1.29 is 4.39 Å². The average molecular weight is 211 g/mol. The molecule has 14 heavy (non-hydrogen) atoms. The molecule has 0 aliphatic heterocycles. The summed E-state index contributed by atoms with van der Waals surface area (Å²) in [5.41, 5.74) is 7.37. The third kappa shape index (κ3) is 1.40. The predicted octanol–water partition coefficient (Wildman–Crippen LogP) is 2.92. The molecule has 2 nitrogen and oxygen atoms in total. The lowest BCUT2D eigenvalue weighted by atomic mass is 10.1. The van der Waals surface area contributed by atoms with E-state index in [9.17, 15) is 4.39 Å². The van der Waals surface area contributed by atoms with E-state index in [1.54, 1.807) is 13.0 Å². The van der Waals surface area contributed by atoms with Gasteiger partial charge in [-0.1, -0.05) is 11.6 Å². The van der Waals surface area contributed by atoms with Crippen LogP contribution in [0.15, 0.2) is 18.2 Å². The Morgan fingerprint density at radius 3 is 2.79 bits per heavy atom. The summed E-state index contributed by atoms with van der Waals surface area (Å²) >= 11 is 5.77. The minimum Gasteiger partial charge on any atom is -0.396 e. The summed E-state index contributed by atoms with van der Waals surface area (Å²) in [4.78, 5) is 4.09. The zero-order valence-corrected chi connectivity index (χ0v) is 8.27. The van der Waals surface area contributed by atoms with Crippen molar-refractivity contribution in [3.63, 3.8) is 0 Å². The molecule has 0 aliphatic carbocycles. The summed E-state index contributed by atoms with van der Waals surface area (Å²) in [7, 11) is 0. The van der Waals surface area contributed by atoms with Crippen molar-refractivity contribution >= 4 is 28.2 Å². The van der Waals surface area contributed by atoms with Gasteiger partial charge in [0.05, 0.1) is 11.2 Å². The fraction of sp³-hybridized carbons (Fsp3) is 0.100. The maximum Gasteiger partial charge on any atom is 0.152 e. The summed E-state index contributed by atoms with van der Waals surface area (Å²) in [6.45, 7) is 1.78. The number of anilines is 1. The Kier molecular flexibility index (Phi) is 2.04. The third-order valence-electron chi connectivity index (χ3n) is 2.05. The SMILES string of the molecule is Cc1cc(F)cc2cc(N)c(Cl)nc12. The van der Waals surface area contributed by atoms with Gasteiger partial charge in [-0.2, -0.15) is 0 Å². The van der Waals surface area contributed by atoms with Crippen molar-refractivity contribution in [2.75, 3.05) is 5.73 Å². The number of aryl methyl sites for hydroxylation is 1. The largest absolute Gasteiger partial charge is 0.396 e. The van der Waals surface area contributed by atoms with E-state index in [0.717, 1.165) is 5.56 Å². The molecular weight excluding hydrogens is 203 g/mol. The van der Waals surface area contributed by atoms with Crippen molar-refractivity contribution in [2.24, 2.45) is 0 Å². The number of fused-ring (bicyclic) bond motifs is 1.